The zero-order valence-electron chi connectivity index (χ0n) is 9.26. The quantitative estimate of drug-likeness (QED) is 0.796. The Morgan fingerprint density at radius 1 is 1.44 bits per heavy atom. The van der Waals surface area contributed by atoms with Gasteiger partial charge in [-0.05, 0) is 25.0 Å². The average molecular weight is 216 g/mol. The molecular formula is C12H16N4. The molecule has 0 bridgehead atoms. The molecule has 4 nitrogen and oxygen atoms in total. The Morgan fingerprint density at radius 2 is 2.19 bits per heavy atom. The van der Waals surface area contributed by atoms with Crippen molar-refractivity contribution >= 4 is 0 Å². The number of hydrogen-bond acceptors (Lipinski definition) is 4. The van der Waals surface area contributed by atoms with E-state index in [4.69, 9.17) is 5.73 Å². The average Bonchev–Trinajstić information content (AvgIpc) is 2.40. The van der Waals surface area contributed by atoms with Gasteiger partial charge in [-0.1, -0.05) is 6.07 Å². The van der Waals surface area contributed by atoms with Crippen LogP contribution in [0, 0.1) is 11.3 Å². The lowest BCUT2D eigenvalue weighted by Gasteiger charge is -2.36. The van der Waals surface area contributed by atoms with Crippen molar-refractivity contribution in [2.24, 2.45) is 5.73 Å². The summed E-state index contributed by atoms with van der Waals surface area (Å²) < 4.78 is 0. The number of nitrogens with zero attached hydrogens (tertiary/aromatic N) is 3. The molecule has 0 atom stereocenters. The van der Waals surface area contributed by atoms with Crippen LogP contribution in [-0.4, -0.2) is 29.6 Å². The Balaban J connectivity index is 2.20. The molecule has 2 heterocycles. The van der Waals surface area contributed by atoms with Crippen molar-refractivity contribution in [1.29, 1.82) is 5.26 Å². The second-order valence-corrected chi connectivity index (χ2v) is 4.21. The van der Waals surface area contributed by atoms with Gasteiger partial charge in [0.2, 0.25) is 0 Å². The Labute approximate surface area is 95.7 Å². The van der Waals surface area contributed by atoms with E-state index in [1.165, 1.54) is 0 Å². The molecule has 16 heavy (non-hydrogen) atoms. The minimum atomic E-state index is -0.410. The molecule has 2 rings (SSSR count). The lowest BCUT2D eigenvalue weighted by Crippen LogP contribution is -2.44. The molecule has 0 saturated carbocycles. The minimum Gasteiger partial charge on any atom is -0.318 e. The summed E-state index contributed by atoms with van der Waals surface area (Å²) in [7, 11) is 0. The van der Waals surface area contributed by atoms with E-state index in [2.05, 4.69) is 16.0 Å². The van der Waals surface area contributed by atoms with Gasteiger partial charge in [0, 0.05) is 26.0 Å². The summed E-state index contributed by atoms with van der Waals surface area (Å²) in [4.78, 5) is 6.49. The first-order chi connectivity index (χ1) is 7.80. The van der Waals surface area contributed by atoms with Gasteiger partial charge in [0.05, 0.1) is 11.8 Å². The maximum Gasteiger partial charge on any atom is 0.102 e. The topological polar surface area (TPSA) is 65.9 Å². The van der Waals surface area contributed by atoms with E-state index in [0.29, 0.717) is 6.67 Å². The first kappa shape index (κ1) is 11.1. The molecule has 1 aromatic rings. The van der Waals surface area contributed by atoms with Crippen molar-refractivity contribution in [1.82, 2.24) is 9.88 Å². The van der Waals surface area contributed by atoms with Crippen LogP contribution in [0.5, 0.6) is 0 Å². The molecule has 0 spiro atoms. The third-order valence-corrected chi connectivity index (χ3v) is 3.34. The highest BCUT2D eigenvalue weighted by Gasteiger charge is 2.37. The molecule has 0 aromatic carbocycles. The molecule has 2 N–H and O–H groups in total. The van der Waals surface area contributed by atoms with E-state index in [1.807, 2.05) is 18.2 Å². The van der Waals surface area contributed by atoms with E-state index in [9.17, 15) is 5.26 Å². The van der Waals surface area contributed by atoms with E-state index in [0.717, 1.165) is 31.6 Å². The highest BCUT2D eigenvalue weighted by atomic mass is 15.2. The third-order valence-electron chi connectivity index (χ3n) is 3.34. The SMILES string of the molecule is N#CC1(c2ccccn2)CCN(CN)CC1. The van der Waals surface area contributed by atoms with Crippen molar-refractivity contribution in [2.75, 3.05) is 19.8 Å². The van der Waals surface area contributed by atoms with Crippen LogP contribution < -0.4 is 5.73 Å². The van der Waals surface area contributed by atoms with Crippen LogP contribution in [-0.2, 0) is 5.41 Å². The fraction of sp³-hybridized carbons (Fsp3) is 0.500. The van der Waals surface area contributed by atoms with E-state index in [1.54, 1.807) is 6.20 Å². The standard InChI is InChI=1S/C12H16N4/c13-9-12(11-3-1-2-6-15-11)4-7-16(10-14)8-5-12/h1-3,6H,4-5,7-8,10,14H2. The van der Waals surface area contributed by atoms with E-state index in [-0.39, 0.29) is 0 Å². The normalized spacial score (nSPS) is 20.2. The van der Waals surface area contributed by atoms with Crippen LogP contribution >= 0.6 is 0 Å². The maximum absolute atomic E-state index is 9.41. The first-order valence-corrected chi connectivity index (χ1v) is 5.56. The van der Waals surface area contributed by atoms with Crippen molar-refractivity contribution in [3.8, 4) is 6.07 Å². The van der Waals surface area contributed by atoms with Crippen molar-refractivity contribution < 1.29 is 0 Å². The second kappa shape index (κ2) is 4.60. The van der Waals surface area contributed by atoms with Crippen molar-refractivity contribution in [3.05, 3.63) is 30.1 Å². The lowest BCUT2D eigenvalue weighted by atomic mass is 9.77. The fourth-order valence-electron chi connectivity index (χ4n) is 2.19. The predicted molar refractivity (Wildman–Crippen MR) is 61.4 cm³/mol. The highest BCUT2D eigenvalue weighted by molar-refractivity contribution is 5.27. The smallest absolute Gasteiger partial charge is 0.102 e. The minimum absolute atomic E-state index is 0.410. The van der Waals surface area contributed by atoms with Crippen LogP contribution in [0.15, 0.2) is 24.4 Å². The summed E-state index contributed by atoms with van der Waals surface area (Å²) in [5, 5.41) is 9.41. The van der Waals surface area contributed by atoms with Crippen molar-refractivity contribution in [2.45, 2.75) is 18.3 Å². The maximum atomic E-state index is 9.41. The van der Waals surface area contributed by atoms with Gasteiger partial charge in [0.15, 0.2) is 0 Å². The number of piperidine rings is 1. The molecule has 4 heteroatoms. The van der Waals surface area contributed by atoms with Gasteiger partial charge in [0.25, 0.3) is 0 Å². The zero-order chi connectivity index (χ0) is 11.4. The molecule has 0 amide bonds. The Kier molecular flexibility index (Phi) is 3.18. The number of nitriles is 1. The molecule has 0 unspecified atom stereocenters. The summed E-state index contributed by atoms with van der Waals surface area (Å²) in [6, 6.07) is 8.21. The summed E-state index contributed by atoms with van der Waals surface area (Å²) in [5.41, 5.74) is 6.09. The summed E-state index contributed by atoms with van der Waals surface area (Å²) >= 11 is 0. The molecular weight excluding hydrogens is 200 g/mol. The number of likely N-dealkylation sites (tertiary alicyclic amines) is 1. The van der Waals surface area contributed by atoms with Crippen LogP contribution in [0.2, 0.25) is 0 Å². The molecule has 1 aliphatic rings. The largest absolute Gasteiger partial charge is 0.318 e. The Morgan fingerprint density at radius 3 is 2.69 bits per heavy atom. The molecule has 1 fully saturated rings. The number of pyridine rings is 1. The molecule has 0 radical (unpaired) electrons. The molecule has 84 valence electrons. The van der Waals surface area contributed by atoms with Gasteiger partial charge in [0.1, 0.15) is 5.41 Å². The van der Waals surface area contributed by atoms with Gasteiger partial charge in [-0.2, -0.15) is 5.26 Å². The second-order valence-electron chi connectivity index (χ2n) is 4.21. The number of nitrogens with two attached hydrogens (primary N) is 1. The Bertz CT molecular complexity index is 374. The van der Waals surface area contributed by atoms with Crippen LogP contribution in [0.4, 0.5) is 0 Å². The van der Waals surface area contributed by atoms with E-state index < -0.39 is 5.41 Å². The highest BCUT2D eigenvalue weighted by Crippen LogP contribution is 2.33. The van der Waals surface area contributed by atoms with Crippen LogP contribution in [0.25, 0.3) is 0 Å². The molecule has 1 saturated heterocycles. The van der Waals surface area contributed by atoms with Crippen LogP contribution in [0.3, 0.4) is 0 Å². The zero-order valence-corrected chi connectivity index (χ0v) is 9.26. The lowest BCUT2D eigenvalue weighted by molar-refractivity contribution is 0.188. The fourth-order valence-corrected chi connectivity index (χ4v) is 2.19. The van der Waals surface area contributed by atoms with Gasteiger partial charge in [-0.3, -0.25) is 9.88 Å². The number of hydrogen-bond donors (Lipinski definition) is 1. The Hall–Kier alpha value is -1.44. The number of aromatic nitrogens is 1. The summed E-state index contributed by atoms with van der Waals surface area (Å²) in [6.45, 7) is 2.32. The van der Waals surface area contributed by atoms with E-state index >= 15 is 0 Å². The number of rotatable bonds is 2. The molecule has 0 aliphatic carbocycles. The predicted octanol–water partition coefficient (Wildman–Crippen LogP) is 0.855. The monoisotopic (exact) mass is 216 g/mol. The first-order valence-electron chi connectivity index (χ1n) is 5.56. The molecule has 1 aliphatic heterocycles. The van der Waals surface area contributed by atoms with Gasteiger partial charge in [-0.15, -0.1) is 0 Å². The van der Waals surface area contributed by atoms with Crippen LogP contribution in [0.1, 0.15) is 18.5 Å². The van der Waals surface area contributed by atoms with Gasteiger partial charge in [-0.25, -0.2) is 0 Å². The third kappa shape index (κ3) is 1.92. The van der Waals surface area contributed by atoms with Crippen molar-refractivity contribution in [3.63, 3.8) is 0 Å². The molecule has 1 aromatic heterocycles. The summed E-state index contributed by atoms with van der Waals surface area (Å²) in [6.07, 6.45) is 3.39. The van der Waals surface area contributed by atoms with Gasteiger partial charge >= 0.3 is 0 Å². The summed E-state index contributed by atoms with van der Waals surface area (Å²) in [5.74, 6) is 0. The van der Waals surface area contributed by atoms with Gasteiger partial charge < -0.3 is 5.73 Å².